The summed E-state index contributed by atoms with van der Waals surface area (Å²) >= 11 is 0. The van der Waals surface area contributed by atoms with Crippen LogP contribution in [-0.2, 0) is 10.8 Å². The van der Waals surface area contributed by atoms with E-state index in [1.165, 1.54) is 60.1 Å². The normalized spacial score (nSPS) is 19.8. The van der Waals surface area contributed by atoms with Crippen LogP contribution in [0.5, 0.6) is 0 Å². The highest BCUT2D eigenvalue weighted by Gasteiger charge is 2.46. The first-order valence-electron chi connectivity index (χ1n) is 14.6. The summed E-state index contributed by atoms with van der Waals surface area (Å²) < 4.78 is 0. The molecular weight excluding hydrogens is 552 g/mol. The fourth-order valence-corrected chi connectivity index (χ4v) is 7.30. The zero-order valence-corrected chi connectivity index (χ0v) is 25.1. The summed E-state index contributed by atoms with van der Waals surface area (Å²) in [4.78, 5) is 67.2. The molecule has 44 heavy (non-hydrogen) atoms. The van der Waals surface area contributed by atoms with Gasteiger partial charge in [-0.15, -0.1) is 0 Å². The maximum Gasteiger partial charge on any atom is 0.266 e. The van der Waals surface area contributed by atoms with Crippen molar-refractivity contribution in [3.8, 4) is 0 Å². The van der Waals surface area contributed by atoms with Gasteiger partial charge in [-0.05, 0) is 71.8 Å². The number of benzene rings is 4. The quantitative estimate of drug-likeness (QED) is 0.210. The zero-order chi connectivity index (χ0) is 31.3. The zero-order valence-electron chi connectivity index (χ0n) is 25.1. The number of carbonyl (C=O) groups is 5. The SMILES string of the molecule is Cc1ccc2c(c1)C(C)(C)CC2(C)c1ccc(N2C(=O)c3ccc(C(=O)c4ccc5c(c4)C(=O)N(C)C5=O)cc3C2=O)cc1. The Morgan fingerprint density at radius 2 is 1.18 bits per heavy atom. The molecule has 4 aromatic rings. The van der Waals surface area contributed by atoms with Gasteiger partial charge in [-0.2, -0.15) is 0 Å². The van der Waals surface area contributed by atoms with Crippen LogP contribution in [-0.4, -0.2) is 41.4 Å². The molecule has 2 heterocycles. The third kappa shape index (κ3) is 3.78. The van der Waals surface area contributed by atoms with E-state index >= 15 is 0 Å². The predicted molar refractivity (Wildman–Crippen MR) is 166 cm³/mol. The lowest BCUT2D eigenvalue weighted by atomic mass is 9.75. The Kier molecular flexibility index (Phi) is 5.76. The van der Waals surface area contributed by atoms with Crippen molar-refractivity contribution in [2.45, 2.75) is 44.9 Å². The van der Waals surface area contributed by atoms with Crippen molar-refractivity contribution in [2.24, 2.45) is 0 Å². The lowest BCUT2D eigenvalue weighted by molar-refractivity contribution is 0.0692. The van der Waals surface area contributed by atoms with Crippen LogP contribution >= 0.6 is 0 Å². The summed E-state index contributed by atoms with van der Waals surface area (Å²) in [6.07, 6.45) is 0.938. The van der Waals surface area contributed by atoms with Crippen molar-refractivity contribution < 1.29 is 24.0 Å². The van der Waals surface area contributed by atoms with Crippen LogP contribution in [0.1, 0.15) is 107 Å². The number of carbonyl (C=O) groups excluding carboxylic acids is 5. The van der Waals surface area contributed by atoms with Crippen LogP contribution in [0.4, 0.5) is 5.69 Å². The van der Waals surface area contributed by atoms with Gasteiger partial charge in [0.2, 0.25) is 0 Å². The third-order valence-electron chi connectivity index (χ3n) is 9.56. The molecule has 0 aromatic heterocycles. The predicted octanol–water partition coefficient (Wildman–Crippen LogP) is 6.24. The Labute approximate surface area is 255 Å². The van der Waals surface area contributed by atoms with Gasteiger partial charge in [0, 0.05) is 23.6 Å². The fourth-order valence-electron chi connectivity index (χ4n) is 7.30. The van der Waals surface area contributed by atoms with E-state index in [9.17, 15) is 24.0 Å². The number of rotatable bonds is 4. The second-order valence-corrected chi connectivity index (χ2v) is 13.0. The first-order valence-corrected chi connectivity index (χ1v) is 14.6. The Morgan fingerprint density at radius 3 is 1.82 bits per heavy atom. The van der Waals surface area contributed by atoms with Crippen LogP contribution in [0, 0.1) is 6.92 Å². The van der Waals surface area contributed by atoms with E-state index in [1.54, 1.807) is 0 Å². The van der Waals surface area contributed by atoms with E-state index in [1.807, 2.05) is 24.3 Å². The minimum absolute atomic E-state index is 0.00947. The number of fused-ring (bicyclic) bond motifs is 3. The third-order valence-corrected chi connectivity index (χ3v) is 9.56. The molecule has 3 aliphatic rings. The number of nitrogens with zero attached hydrogens (tertiary/aromatic N) is 2. The summed E-state index contributed by atoms with van der Waals surface area (Å²) in [5, 5.41) is 0. The van der Waals surface area contributed by atoms with E-state index in [4.69, 9.17) is 0 Å². The second-order valence-electron chi connectivity index (χ2n) is 13.0. The molecular formula is C37H30N2O5. The molecule has 1 unspecified atom stereocenters. The molecule has 0 saturated heterocycles. The van der Waals surface area contributed by atoms with Crippen LogP contribution < -0.4 is 4.90 Å². The Bertz CT molecular complexity index is 2010. The number of amides is 4. The fraction of sp³-hybridized carbons (Fsp3) is 0.216. The molecule has 4 amide bonds. The Morgan fingerprint density at radius 1 is 0.636 bits per heavy atom. The van der Waals surface area contributed by atoms with Crippen LogP contribution in [0.3, 0.4) is 0 Å². The lowest BCUT2D eigenvalue weighted by Gasteiger charge is -2.29. The monoisotopic (exact) mass is 582 g/mol. The second kappa shape index (κ2) is 9.16. The van der Waals surface area contributed by atoms with Gasteiger partial charge in [0.1, 0.15) is 0 Å². The van der Waals surface area contributed by atoms with Gasteiger partial charge in [-0.3, -0.25) is 28.9 Å². The summed E-state index contributed by atoms with van der Waals surface area (Å²) in [6.45, 7) is 8.90. The summed E-state index contributed by atoms with van der Waals surface area (Å²) in [5.74, 6) is -2.26. The highest BCUT2D eigenvalue weighted by molar-refractivity contribution is 6.35. The highest BCUT2D eigenvalue weighted by Crippen LogP contribution is 2.53. The van der Waals surface area contributed by atoms with Gasteiger partial charge < -0.3 is 0 Å². The maximum atomic E-state index is 13.6. The molecule has 0 radical (unpaired) electrons. The molecule has 7 heteroatoms. The van der Waals surface area contributed by atoms with Crippen molar-refractivity contribution in [1.29, 1.82) is 0 Å². The van der Waals surface area contributed by atoms with Gasteiger partial charge in [-0.25, -0.2) is 4.90 Å². The molecule has 7 nitrogen and oxygen atoms in total. The topological polar surface area (TPSA) is 91.8 Å². The number of ketones is 1. The molecule has 4 aromatic carbocycles. The molecule has 0 saturated carbocycles. The van der Waals surface area contributed by atoms with Gasteiger partial charge >= 0.3 is 0 Å². The van der Waals surface area contributed by atoms with Crippen LogP contribution in [0.2, 0.25) is 0 Å². The van der Waals surface area contributed by atoms with Crippen molar-refractivity contribution in [3.63, 3.8) is 0 Å². The van der Waals surface area contributed by atoms with Crippen LogP contribution in [0.25, 0.3) is 0 Å². The molecule has 1 atom stereocenters. The van der Waals surface area contributed by atoms with Gasteiger partial charge in [0.15, 0.2) is 5.78 Å². The van der Waals surface area contributed by atoms with E-state index < -0.39 is 29.4 Å². The minimum Gasteiger partial charge on any atom is -0.289 e. The molecule has 218 valence electrons. The summed E-state index contributed by atoms with van der Waals surface area (Å²) in [6, 6.07) is 23.0. The number of hydrogen-bond acceptors (Lipinski definition) is 5. The Balaban J connectivity index is 1.17. The number of anilines is 1. The number of imide groups is 2. The van der Waals surface area contributed by atoms with E-state index in [0.29, 0.717) is 5.69 Å². The Hall–Kier alpha value is -5.17. The molecule has 0 fully saturated rings. The maximum absolute atomic E-state index is 13.6. The lowest BCUT2D eigenvalue weighted by Crippen LogP contribution is -2.29. The largest absolute Gasteiger partial charge is 0.289 e. The minimum atomic E-state index is -0.502. The first-order chi connectivity index (χ1) is 20.8. The van der Waals surface area contributed by atoms with Crippen LogP contribution in [0.15, 0.2) is 78.9 Å². The van der Waals surface area contributed by atoms with E-state index in [-0.39, 0.29) is 44.2 Å². The number of hydrogen-bond donors (Lipinski definition) is 0. The van der Waals surface area contributed by atoms with Gasteiger partial charge in [-0.1, -0.05) is 68.8 Å². The molecule has 2 aliphatic heterocycles. The summed E-state index contributed by atoms with van der Waals surface area (Å²) in [5.41, 5.74) is 6.45. The average molecular weight is 583 g/mol. The van der Waals surface area contributed by atoms with E-state index in [0.717, 1.165) is 21.8 Å². The van der Waals surface area contributed by atoms with Crippen molar-refractivity contribution in [2.75, 3.05) is 11.9 Å². The highest BCUT2D eigenvalue weighted by atomic mass is 16.2. The molecule has 0 N–H and O–H groups in total. The molecule has 1 aliphatic carbocycles. The van der Waals surface area contributed by atoms with Gasteiger partial charge in [0.25, 0.3) is 23.6 Å². The van der Waals surface area contributed by atoms with Crippen molar-refractivity contribution in [3.05, 3.63) is 134 Å². The first kappa shape index (κ1) is 27.7. The molecule has 0 bridgehead atoms. The smallest absolute Gasteiger partial charge is 0.266 e. The standard InChI is InChI=1S/C37H30N2O5/c1-20-6-15-29-30(16-20)36(2,3)19-37(29,4)23-9-11-24(12-10-23)39-34(43)26-14-8-22(18-28(26)35(39)44)31(40)21-7-13-25-27(17-21)33(42)38(5)32(25)41/h6-18H,19H2,1-5H3. The van der Waals surface area contributed by atoms with Crippen molar-refractivity contribution in [1.82, 2.24) is 4.90 Å². The summed E-state index contributed by atoms with van der Waals surface area (Å²) in [7, 11) is 1.39. The number of aryl methyl sites for hydroxylation is 1. The molecule has 7 rings (SSSR count). The average Bonchev–Trinajstić information content (AvgIpc) is 3.48. The van der Waals surface area contributed by atoms with Crippen molar-refractivity contribution >= 4 is 35.1 Å². The van der Waals surface area contributed by atoms with Gasteiger partial charge in [0.05, 0.1) is 27.9 Å². The molecule has 0 spiro atoms. The van der Waals surface area contributed by atoms with E-state index in [2.05, 4.69) is 45.9 Å².